The number of carbonyl (C=O) groups is 1. The number of aryl methyl sites for hydroxylation is 2. The summed E-state index contributed by atoms with van der Waals surface area (Å²) in [6, 6.07) is 6.16. The van der Waals surface area contributed by atoms with E-state index in [0.29, 0.717) is 12.3 Å². The number of benzene rings is 1. The van der Waals surface area contributed by atoms with Crippen molar-refractivity contribution in [3.8, 4) is 0 Å². The summed E-state index contributed by atoms with van der Waals surface area (Å²) < 4.78 is 2.35. The van der Waals surface area contributed by atoms with Gasteiger partial charge >= 0.3 is 0 Å². The first-order valence-electron chi connectivity index (χ1n) is 9.79. The number of nitrogens with zero attached hydrogens (tertiary/aromatic N) is 2. The van der Waals surface area contributed by atoms with Gasteiger partial charge in [-0.1, -0.05) is 6.42 Å². The number of amides is 1. The fraction of sp³-hybridized carbons (Fsp3) is 0.600. The van der Waals surface area contributed by atoms with Crippen molar-refractivity contribution in [2.45, 2.75) is 57.9 Å². The van der Waals surface area contributed by atoms with E-state index < -0.39 is 0 Å². The van der Waals surface area contributed by atoms with Gasteiger partial charge in [0, 0.05) is 25.1 Å². The van der Waals surface area contributed by atoms with Crippen LogP contribution in [0.1, 0.15) is 50.8 Å². The van der Waals surface area contributed by atoms with Gasteiger partial charge in [0.1, 0.15) is 5.82 Å². The van der Waals surface area contributed by atoms with Crippen molar-refractivity contribution in [1.29, 1.82) is 0 Å². The predicted molar refractivity (Wildman–Crippen MR) is 115 cm³/mol. The summed E-state index contributed by atoms with van der Waals surface area (Å²) in [4.78, 5) is 17.1. The maximum atomic E-state index is 12.3. The smallest absolute Gasteiger partial charge is 0.224 e. The third-order valence-electron chi connectivity index (χ3n) is 5.63. The molecule has 27 heavy (non-hydrogen) atoms. The average molecular weight is 413 g/mol. The van der Waals surface area contributed by atoms with Gasteiger partial charge in [0.15, 0.2) is 0 Å². The molecule has 4 rings (SSSR count). The molecule has 150 valence electrons. The molecule has 0 unspecified atom stereocenters. The summed E-state index contributed by atoms with van der Waals surface area (Å²) in [5.74, 6) is 2.01. The summed E-state index contributed by atoms with van der Waals surface area (Å²) in [6.45, 7) is 3.25. The molecule has 1 fully saturated rings. The van der Waals surface area contributed by atoms with Crippen molar-refractivity contribution in [1.82, 2.24) is 14.9 Å². The van der Waals surface area contributed by atoms with Gasteiger partial charge in [0.2, 0.25) is 5.91 Å². The Bertz CT molecular complexity index is 756. The van der Waals surface area contributed by atoms with E-state index >= 15 is 0 Å². The van der Waals surface area contributed by atoms with Crippen LogP contribution in [-0.4, -0.2) is 28.5 Å². The molecule has 2 N–H and O–H groups in total. The number of halogens is 2. The van der Waals surface area contributed by atoms with Crippen LogP contribution in [0.25, 0.3) is 11.0 Å². The van der Waals surface area contributed by atoms with E-state index in [1.54, 1.807) is 0 Å². The number of nitrogens with one attached hydrogen (secondary N) is 2. The highest BCUT2D eigenvalue weighted by atomic mass is 35.5. The van der Waals surface area contributed by atoms with Crippen LogP contribution in [-0.2, 0) is 17.8 Å². The van der Waals surface area contributed by atoms with E-state index in [0.717, 1.165) is 43.7 Å². The average Bonchev–Trinajstić information content (AvgIpc) is 2.81. The van der Waals surface area contributed by atoms with Crippen molar-refractivity contribution < 1.29 is 4.79 Å². The van der Waals surface area contributed by atoms with Crippen LogP contribution in [0, 0.1) is 5.92 Å². The Hall–Kier alpha value is -1.30. The maximum absolute atomic E-state index is 12.3. The number of anilines is 1. The monoisotopic (exact) mass is 412 g/mol. The summed E-state index contributed by atoms with van der Waals surface area (Å²) in [6.07, 6.45) is 8.80. The molecule has 1 amide bonds. The zero-order valence-electron chi connectivity index (χ0n) is 15.7. The van der Waals surface area contributed by atoms with Crippen LogP contribution in [0.3, 0.4) is 0 Å². The molecule has 2 aliphatic heterocycles. The molecule has 3 heterocycles. The van der Waals surface area contributed by atoms with E-state index in [2.05, 4.69) is 21.3 Å². The summed E-state index contributed by atoms with van der Waals surface area (Å²) >= 11 is 0. The fourth-order valence-corrected chi connectivity index (χ4v) is 4.16. The van der Waals surface area contributed by atoms with E-state index in [4.69, 9.17) is 4.98 Å². The molecule has 0 atom stereocenters. The number of piperidine rings is 1. The molecule has 0 radical (unpaired) electrons. The van der Waals surface area contributed by atoms with Crippen molar-refractivity contribution in [2.24, 2.45) is 5.92 Å². The van der Waals surface area contributed by atoms with Crippen molar-refractivity contribution in [3.05, 3.63) is 24.0 Å². The Kier molecular flexibility index (Phi) is 8.39. The molecule has 1 aromatic carbocycles. The number of hydrogen-bond acceptors (Lipinski definition) is 3. The Labute approximate surface area is 173 Å². The van der Waals surface area contributed by atoms with Gasteiger partial charge in [-0.05, 0) is 69.3 Å². The van der Waals surface area contributed by atoms with Crippen LogP contribution in [0.5, 0.6) is 0 Å². The standard InChI is InChI=1S/C20H28N4O.2ClH/c25-20(8-5-15-9-11-21-12-10-15)22-16-6-7-18-17(14-16)23-19-4-2-1-3-13-24(18)19;;/h6-7,14-15,21H,1-5,8-13H2,(H,22,25);2*1H. The minimum atomic E-state index is 0. The van der Waals surface area contributed by atoms with E-state index in [1.807, 2.05) is 12.1 Å². The van der Waals surface area contributed by atoms with Gasteiger partial charge in [0.05, 0.1) is 11.0 Å². The first-order valence-corrected chi connectivity index (χ1v) is 9.79. The molecule has 0 aliphatic carbocycles. The highest BCUT2D eigenvalue weighted by Crippen LogP contribution is 2.25. The molecule has 0 spiro atoms. The molecular weight excluding hydrogens is 383 g/mol. The Morgan fingerprint density at radius 3 is 2.81 bits per heavy atom. The van der Waals surface area contributed by atoms with E-state index in [1.165, 1.54) is 43.4 Å². The lowest BCUT2D eigenvalue weighted by Crippen LogP contribution is -2.28. The minimum absolute atomic E-state index is 0. The quantitative estimate of drug-likeness (QED) is 0.785. The number of fused-ring (bicyclic) bond motifs is 3. The zero-order valence-corrected chi connectivity index (χ0v) is 17.3. The topological polar surface area (TPSA) is 59.0 Å². The third-order valence-corrected chi connectivity index (χ3v) is 5.63. The molecule has 1 aromatic heterocycles. The number of imidazole rings is 1. The number of carbonyl (C=O) groups excluding carboxylic acids is 1. The van der Waals surface area contributed by atoms with Gasteiger partial charge in [-0.25, -0.2) is 4.98 Å². The zero-order chi connectivity index (χ0) is 17.1. The maximum Gasteiger partial charge on any atom is 0.224 e. The van der Waals surface area contributed by atoms with Crippen LogP contribution in [0.4, 0.5) is 5.69 Å². The molecule has 0 saturated carbocycles. The second kappa shape index (κ2) is 10.3. The lowest BCUT2D eigenvalue weighted by atomic mass is 9.93. The van der Waals surface area contributed by atoms with Crippen LogP contribution in [0.15, 0.2) is 18.2 Å². The number of hydrogen-bond donors (Lipinski definition) is 2. The van der Waals surface area contributed by atoms with Gasteiger partial charge in [0.25, 0.3) is 0 Å². The SMILES string of the molecule is Cl.Cl.O=C(CCC1CCNCC1)Nc1ccc2c(c1)nc1n2CCCCC1. The lowest BCUT2D eigenvalue weighted by Gasteiger charge is -2.22. The van der Waals surface area contributed by atoms with E-state index in [9.17, 15) is 4.79 Å². The molecular formula is C20H30Cl2N4O. The van der Waals surface area contributed by atoms with Crippen molar-refractivity contribution in [3.63, 3.8) is 0 Å². The molecule has 0 bridgehead atoms. The third kappa shape index (κ3) is 5.37. The number of aromatic nitrogens is 2. The van der Waals surface area contributed by atoms with Crippen LogP contribution in [0.2, 0.25) is 0 Å². The highest BCUT2D eigenvalue weighted by Gasteiger charge is 2.16. The fourth-order valence-electron chi connectivity index (χ4n) is 4.16. The summed E-state index contributed by atoms with van der Waals surface area (Å²) in [5, 5.41) is 6.44. The second-order valence-corrected chi connectivity index (χ2v) is 7.47. The molecule has 2 aromatic rings. The van der Waals surface area contributed by atoms with E-state index in [-0.39, 0.29) is 30.7 Å². The molecule has 7 heteroatoms. The van der Waals surface area contributed by atoms with Gasteiger partial charge in [-0.3, -0.25) is 4.79 Å². The first-order chi connectivity index (χ1) is 12.3. The number of rotatable bonds is 4. The lowest BCUT2D eigenvalue weighted by molar-refractivity contribution is -0.116. The second-order valence-electron chi connectivity index (χ2n) is 7.47. The Balaban J connectivity index is 0.00000131. The summed E-state index contributed by atoms with van der Waals surface area (Å²) in [5.41, 5.74) is 3.08. The molecule has 5 nitrogen and oxygen atoms in total. The highest BCUT2D eigenvalue weighted by molar-refractivity contribution is 5.93. The summed E-state index contributed by atoms with van der Waals surface area (Å²) in [7, 11) is 0. The van der Waals surface area contributed by atoms with Crippen LogP contribution < -0.4 is 10.6 Å². The predicted octanol–water partition coefficient (Wildman–Crippen LogP) is 4.32. The van der Waals surface area contributed by atoms with Gasteiger partial charge < -0.3 is 15.2 Å². The first kappa shape index (κ1) is 22.0. The normalized spacial score (nSPS) is 17.3. The van der Waals surface area contributed by atoms with Crippen LogP contribution >= 0.6 is 24.8 Å². The Morgan fingerprint density at radius 2 is 2.00 bits per heavy atom. The van der Waals surface area contributed by atoms with Gasteiger partial charge in [-0.2, -0.15) is 0 Å². The minimum Gasteiger partial charge on any atom is -0.328 e. The van der Waals surface area contributed by atoms with Crippen molar-refractivity contribution >= 4 is 47.4 Å². The molecule has 2 aliphatic rings. The van der Waals surface area contributed by atoms with Gasteiger partial charge in [-0.15, -0.1) is 24.8 Å². The van der Waals surface area contributed by atoms with Crippen molar-refractivity contribution in [2.75, 3.05) is 18.4 Å². The Morgan fingerprint density at radius 1 is 1.19 bits per heavy atom. The molecule has 1 saturated heterocycles. The largest absolute Gasteiger partial charge is 0.328 e.